The van der Waals surface area contributed by atoms with E-state index in [1.54, 1.807) is 12.1 Å². The first-order valence-corrected chi connectivity index (χ1v) is 8.78. The van der Waals surface area contributed by atoms with Crippen LogP contribution in [0.3, 0.4) is 0 Å². The first kappa shape index (κ1) is 17.0. The van der Waals surface area contributed by atoms with E-state index in [-0.39, 0.29) is 11.9 Å². The van der Waals surface area contributed by atoms with E-state index in [2.05, 4.69) is 6.07 Å². The Kier molecular flexibility index (Phi) is 4.21. The molecule has 0 spiro atoms. The minimum Gasteiger partial charge on any atom is -0.319 e. The molecule has 0 N–H and O–H groups in total. The third kappa shape index (κ3) is 2.98. The molecule has 0 aliphatic rings. The maximum Gasteiger partial charge on any atom is 0.142 e. The molecular formula is C23H18FN3. The van der Waals surface area contributed by atoms with E-state index in [0.717, 1.165) is 33.4 Å². The lowest BCUT2D eigenvalue weighted by Gasteiger charge is -2.21. The first-order chi connectivity index (χ1) is 13.1. The molecule has 3 nitrogen and oxygen atoms in total. The second-order valence-electron chi connectivity index (χ2n) is 6.71. The normalized spacial score (nSPS) is 12.1. The highest BCUT2D eigenvalue weighted by atomic mass is 19.1. The number of benzene rings is 2. The number of nitriles is 1. The average Bonchev–Trinajstić information content (AvgIpc) is 3.03. The number of aryl methyl sites for hydroxylation is 2. The van der Waals surface area contributed by atoms with Crippen LogP contribution in [0, 0.1) is 31.0 Å². The van der Waals surface area contributed by atoms with E-state index in [4.69, 9.17) is 4.98 Å². The third-order valence-electron chi connectivity index (χ3n) is 4.81. The fraction of sp³-hybridized carbons (Fsp3) is 0.130. The maximum atomic E-state index is 13.5. The molecule has 1 atom stereocenters. The van der Waals surface area contributed by atoms with Gasteiger partial charge in [-0.25, -0.2) is 9.37 Å². The zero-order chi connectivity index (χ0) is 19.0. The van der Waals surface area contributed by atoms with E-state index in [1.165, 1.54) is 12.1 Å². The predicted molar refractivity (Wildman–Crippen MR) is 104 cm³/mol. The van der Waals surface area contributed by atoms with Crippen molar-refractivity contribution in [1.82, 2.24) is 9.55 Å². The van der Waals surface area contributed by atoms with Gasteiger partial charge in [0.1, 0.15) is 17.5 Å². The molecule has 132 valence electrons. The van der Waals surface area contributed by atoms with Crippen LogP contribution >= 0.6 is 0 Å². The Morgan fingerprint density at radius 2 is 1.67 bits per heavy atom. The Labute approximate surface area is 157 Å². The van der Waals surface area contributed by atoms with Crippen LogP contribution in [-0.4, -0.2) is 9.55 Å². The van der Waals surface area contributed by atoms with Crippen LogP contribution in [0.25, 0.3) is 11.0 Å². The summed E-state index contributed by atoms with van der Waals surface area (Å²) in [5.41, 5.74) is 5.27. The van der Waals surface area contributed by atoms with E-state index >= 15 is 0 Å². The van der Waals surface area contributed by atoms with E-state index in [0.29, 0.717) is 5.56 Å². The molecule has 27 heavy (non-hydrogen) atoms. The van der Waals surface area contributed by atoms with Crippen LogP contribution in [0.1, 0.15) is 34.0 Å². The van der Waals surface area contributed by atoms with Crippen molar-refractivity contribution in [1.29, 1.82) is 5.26 Å². The van der Waals surface area contributed by atoms with Gasteiger partial charge in [0.2, 0.25) is 0 Å². The van der Waals surface area contributed by atoms with Crippen molar-refractivity contribution in [2.75, 3.05) is 0 Å². The zero-order valence-electron chi connectivity index (χ0n) is 15.1. The van der Waals surface area contributed by atoms with E-state index in [9.17, 15) is 9.65 Å². The van der Waals surface area contributed by atoms with Crippen LogP contribution in [0.4, 0.5) is 4.39 Å². The smallest absolute Gasteiger partial charge is 0.142 e. The first-order valence-electron chi connectivity index (χ1n) is 8.78. The van der Waals surface area contributed by atoms with Gasteiger partial charge in [-0.05, 0) is 48.7 Å². The van der Waals surface area contributed by atoms with Gasteiger partial charge in [-0.1, -0.05) is 42.5 Å². The molecule has 0 aliphatic heterocycles. The highest BCUT2D eigenvalue weighted by molar-refractivity contribution is 5.87. The van der Waals surface area contributed by atoms with Crippen LogP contribution < -0.4 is 0 Å². The minimum atomic E-state index is -0.273. The second-order valence-corrected chi connectivity index (χ2v) is 6.71. The highest BCUT2D eigenvalue weighted by Crippen LogP contribution is 2.33. The Morgan fingerprint density at radius 1 is 1.00 bits per heavy atom. The van der Waals surface area contributed by atoms with Gasteiger partial charge in [0.15, 0.2) is 0 Å². The Morgan fingerprint density at radius 3 is 2.33 bits per heavy atom. The van der Waals surface area contributed by atoms with Crippen LogP contribution in [0.15, 0.2) is 66.9 Å². The van der Waals surface area contributed by atoms with Gasteiger partial charge in [-0.15, -0.1) is 0 Å². The van der Waals surface area contributed by atoms with Crippen LogP contribution in [0.2, 0.25) is 0 Å². The Bertz CT molecular complexity index is 1150. The number of halogens is 1. The molecule has 2 heterocycles. The monoisotopic (exact) mass is 355 g/mol. The van der Waals surface area contributed by atoms with Crippen molar-refractivity contribution in [3.8, 4) is 6.07 Å². The highest BCUT2D eigenvalue weighted by Gasteiger charge is 2.22. The Balaban J connectivity index is 2.04. The minimum absolute atomic E-state index is 0.204. The zero-order valence-corrected chi connectivity index (χ0v) is 15.1. The lowest BCUT2D eigenvalue weighted by molar-refractivity contribution is 0.623. The summed E-state index contributed by atoms with van der Waals surface area (Å²) in [6, 6.07) is 20.6. The summed E-state index contributed by atoms with van der Waals surface area (Å²) in [7, 11) is 0. The summed E-state index contributed by atoms with van der Waals surface area (Å²) in [4.78, 5) is 4.73. The van der Waals surface area contributed by atoms with Gasteiger partial charge in [-0.2, -0.15) is 5.26 Å². The fourth-order valence-corrected chi connectivity index (χ4v) is 3.68. The van der Waals surface area contributed by atoms with Gasteiger partial charge >= 0.3 is 0 Å². The standard InChI is InChI=1S/C23H18FN3/c1-15-12-16(2)26-23-21(15)19(13-25)14-27(23)22(17-6-4-3-5-7-17)18-8-10-20(24)11-9-18/h3-12,14,22H,1-2H3. The molecule has 2 aromatic carbocycles. The van der Waals surface area contributed by atoms with E-state index in [1.807, 2.05) is 61.0 Å². The lowest BCUT2D eigenvalue weighted by Crippen LogP contribution is -2.12. The van der Waals surface area contributed by atoms with E-state index < -0.39 is 0 Å². The average molecular weight is 355 g/mol. The van der Waals surface area contributed by atoms with Crippen molar-refractivity contribution in [3.63, 3.8) is 0 Å². The molecule has 0 fully saturated rings. The molecule has 4 aromatic rings. The molecular weight excluding hydrogens is 337 g/mol. The molecule has 0 radical (unpaired) electrons. The van der Waals surface area contributed by atoms with Gasteiger partial charge in [0, 0.05) is 17.3 Å². The van der Waals surface area contributed by atoms with Crippen molar-refractivity contribution < 1.29 is 4.39 Å². The Hall–Kier alpha value is -3.45. The number of hydrogen-bond donors (Lipinski definition) is 0. The van der Waals surface area contributed by atoms with Gasteiger partial charge in [-0.3, -0.25) is 0 Å². The van der Waals surface area contributed by atoms with Crippen LogP contribution in [-0.2, 0) is 0 Å². The van der Waals surface area contributed by atoms with Crippen molar-refractivity contribution in [2.45, 2.75) is 19.9 Å². The van der Waals surface area contributed by atoms with Crippen molar-refractivity contribution in [3.05, 3.63) is 101 Å². The molecule has 1 unspecified atom stereocenters. The molecule has 4 rings (SSSR count). The molecule has 0 bridgehead atoms. The fourth-order valence-electron chi connectivity index (χ4n) is 3.68. The summed E-state index contributed by atoms with van der Waals surface area (Å²) < 4.78 is 15.5. The van der Waals surface area contributed by atoms with Gasteiger partial charge in [0.25, 0.3) is 0 Å². The largest absolute Gasteiger partial charge is 0.319 e. The number of aromatic nitrogens is 2. The lowest BCUT2D eigenvalue weighted by atomic mass is 9.98. The summed E-state index contributed by atoms with van der Waals surface area (Å²) in [6.07, 6.45) is 1.85. The topological polar surface area (TPSA) is 41.6 Å². The summed E-state index contributed by atoms with van der Waals surface area (Å²) >= 11 is 0. The summed E-state index contributed by atoms with van der Waals surface area (Å²) in [5.74, 6) is -0.273. The predicted octanol–water partition coefficient (Wildman–Crippen LogP) is 5.30. The SMILES string of the molecule is Cc1cc(C)c2c(C#N)cn(C(c3ccccc3)c3ccc(F)cc3)c2n1. The summed E-state index contributed by atoms with van der Waals surface area (Å²) in [5, 5.41) is 10.5. The van der Waals surface area contributed by atoms with Crippen molar-refractivity contribution >= 4 is 11.0 Å². The number of rotatable bonds is 3. The van der Waals surface area contributed by atoms with Gasteiger partial charge < -0.3 is 4.57 Å². The molecule has 0 saturated heterocycles. The van der Waals surface area contributed by atoms with Crippen molar-refractivity contribution in [2.24, 2.45) is 0 Å². The van der Waals surface area contributed by atoms with Gasteiger partial charge in [0.05, 0.1) is 11.6 Å². The molecule has 2 aromatic heterocycles. The molecule has 0 saturated carbocycles. The molecule has 0 aliphatic carbocycles. The molecule has 4 heteroatoms. The second kappa shape index (κ2) is 6.69. The summed E-state index contributed by atoms with van der Waals surface area (Å²) in [6.45, 7) is 3.95. The number of hydrogen-bond acceptors (Lipinski definition) is 2. The van der Waals surface area contributed by atoms with Crippen LogP contribution in [0.5, 0.6) is 0 Å². The third-order valence-corrected chi connectivity index (χ3v) is 4.81. The number of pyridine rings is 1. The number of fused-ring (bicyclic) bond motifs is 1. The molecule has 0 amide bonds. The quantitative estimate of drug-likeness (QED) is 0.500. The number of nitrogens with zero attached hydrogens (tertiary/aromatic N) is 3. The maximum absolute atomic E-state index is 13.5.